The number of hydrogen-bond donors (Lipinski definition) is 1. The minimum atomic E-state index is -3.61. The zero-order valence-electron chi connectivity index (χ0n) is 16.1. The molecule has 0 heterocycles. The van der Waals surface area contributed by atoms with Crippen molar-refractivity contribution in [1.82, 2.24) is 14.5 Å². The Balaban J connectivity index is 2.28. The smallest absolute Gasteiger partial charge is 0.254 e. The summed E-state index contributed by atoms with van der Waals surface area (Å²) < 4.78 is 26.9. The summed E-state index contributed by atoms with van der Waals surface area (Å²) in [6.45, 7) is 3.75. The Morgan fingerprint density at radius 3 is 2.33 bits per heavy atom. The molecule has 1 N–H and O–H groups in total. The fourth-order valence-electron chi connectivity index (χ4n) is 2.63. The van der Waals surface area contributed by atoms with Gasteiger partial charge in [-0.15, -0.1) is 0 Å². The molecule has 0 spiro atoms. The summed E-state index contributed by atoms with van der Waals surface area (Å²) in [5.74, 6) is -0.186. The van der Waals surface area contributed by atoms with Crippen LogP contribution in [0.15, 0.2) is 59.5 Å². The highest BCUT2D eigenvalue weighted by molar-refractivity contribution is 7.89. The second-order valence-corrected chi connectivity index (χ2v) is 8.31. The lowest BCUT2D eigenvalue weighted by molar-refractivity contribution is 0.0731. The van der Waals surface area contributed by atoms with E-state index in [1.54, 1.807) is 24.0 Å². The second kappa shape index (κ2) is 9.64. The molecule has 7 heteroatoms. The number of nitrogens with one attached hydrogen (secondary N) is 1. The number of rotatable bonds is 9. The van der Waals surface area contributed by atoms with Gasteiger partial charge in [-0.3, -0.25) is 4.79 Å². The molecule has 0 bridgehead atoms. The van der Waals surface area contributed by atoms with E-state index in [4.69, 9.17) is 0 Å². The topological polar surface area (TPSA) is 69.7 Å². The lowest BCUT2D eigenvalue weighted by Gasteiger charge is -2.25. The van der Waals surface area contributed by atoms with Crippen molar-refractivity contribution >= 4 is 15.9 Å². The molecule has 0 aromatic heterocycles. The number of amides is 1. The third-order valence-electron chi connectivity index (χ3n) is 4.05. The molecule has 146 valence electrons. The Bertz CT molecular complexity index is 852. The summed E-state index contributed by atoms with van der Waals surface area (Å²) in [4.78, 5) is 16.9. The summed E-state index contributed by atoms with van der Waals surface area (Å²) >= 11 is 0. The normalized spacial score (nSPS) is 11.6. The molecule has 2 aromatic carbocycles. The first-order valence-corrected chi connectivity index (χ1v) is 10.4. The monoisotopic (exact) mass is 389 g/mol. The average Bonchev–Trinajstić information content (AvgIpc) is 2.65. The molecular weight excluding hydrogens is 362 g/mol. The van der Waals surface area contributed by atoms with Crippen molar-refractivity contribution in [2.75, 3.05) is 33.7 Å². The Labute approximate surface area is 161 Å². The highest BCUT2D eigenvalue weighted by atomic mass is 32.2. The fraction of sp³-hybridized carbons (Fsp3) is 0.350. The first-order valence-electron chi connectivity index (χ1n) is 8.91. The molecule has 0 fully saturated rings. The summed E-state index contributed by atoms with van der Waals surface area (Å²) in [7, 11) is 0.301. The zero-order chi connectivity index (χ0) is 19.9. The number of likely N-dealkylation sites (N-methyl/N-ethyl adjacent to an activating group) is 1. The summed E-state index contributed by atoms with van der Waals surface area (Å²) in [6, 6.07) is 15.9. The standard InChI is InChI=1S/C20H27N3O3S/c1-4-21-27(25,26)19-12-8-11-18(15-19)20(24)23(14-13-22(2)3)16-17-9-6-5-7-10-17/h5-12,15,21H,4,13-14,16H2,1-3H3. The predicted molar refractivity (Wildman–Crippen MR) is 107 cm³/mol. The van der Waals surface area contributed by atoms with Crippen LogP contribution in [0.2, 0.25) is 0 Å². The van der Waals surface area contributed by atoms with Gasteiger partial charge in [0.25, 0.3) is 5.91 Å². The fourth-order valence-corrected chi connectivity index (χ4v) is 3.72. The van der Waals surface area contributed by atoms with Crippen LogP contribution in [0.5, 0.6) is 0 Å². The van der Waals surface area contributed by atoms with Gasteiger partial charge >= 0.3 is 0 Å². The van der Waals surface area contributed by atoms with Gasteiger partial charge in [0.2, 0.25) is 10.0 Å². The van der Waals surface area contributed by atoms with Gasteiger partial charge in [0.1, 0.15) is 0 Å². The molecule has 0 saturated heterocycles. The molecule has 0 unspecified atom stereocenters. The molecule has 6 nitrogen and oxygen atoms in total. The van der Waals surface area contributed by atoms with Gasteiger partial charge < -0.3 is 9.80 Å². The zero-order valence-corrected chi connectivity index (χ0v) is 16.9. The molecular formula is C20H27N3O3S. The predicted octanol–water partition coefficient (Wildman–Crippen LogP) is 2.19. The van der Waals surface area contributed by atoms with E-state index in [9.17, 15) is 13.2 Å². The van der Waals surface area contributed by atoms with Gasteiger partial charge in [-0.25, -0.2) is 13.1 Å². The van der Waals surface area contributed by atoms with Crippen LogP contribution in [0.25, 0.3) is 0 Å². The average molecular weight is 390 g/mol. The summed E-state index contributed by atoms with van der Waals surface area (Å²) in [6.07, 6.45) is 0. The lowest BCUT2D eigenvalue weighted by atomic mass is 10.1. The third kappa shape index (κ3) is 6.16. The highest BCUT2D eigenvalue weighted by Crippen LogP contribution is 2.15. The highest BCUT2D eigenvalue weighted by Gasteiger charge is 2.19. The molecule has 0 saturated carbocycles. The largest absolute Gasteiger partial charge is 0.333 e. The van der Waals surface area contributed by atoms with E-state index in [2.05, 4.69) is 4.72 Å². The van der Waals surface area contributed by atoms with Crippen LogP contribution in [0, 0.1) is 0 Å². The number of carbonyl (C=O) groups excluding carboxylic acids is 1. The molecule has 0 aliphatic rings. The van der Waals surface area contributed by atoms with E-state index in [1.165, 1.54) is 12.1 Å². The Hall–Kier alpha value is -2.22. The van der Waals surface area contributed by atoms with Crippen molar-refractivity contribution < 1.29 is 13.2 Å². The van der Waals surface area contributed by atoms with E-state index in [1.807, 2.05) is 49.3 Å². The molecule has 0 aliphatic carbocycles. The SMILES string of the molecule is CCNS(=O)(=O)c1cccc(C(=O)N(CCN(C)C)Cc2ccccc2)c1. The maximum atomic E-state index is 13.1. The van der Waals surface area contributed by atoms with Crippen LogP contribution >= 0.6 is 0 Å². The van der Waals surface area contributed by atoms with Crippen LogP contribution in [-0.4, -0.2) is 57.9 Å². The van der Waals surface area contributed by atoms with E-state index in [0.29, 0.717) is 31.7 Å². The van der Waals surface area contributed by atoms with Crippen molar-refractivity contribution in [2.24, 2.45) is 0 Å². The molecule has 1 amide bonds. The molecule has 0 radical (unpaired) electrons. The molecule has 2 aromatic rings. The van der Waals surface area contributed by atoms with Gasteiger partial charge in [-0.1, -0.05) is 43.3 Å². The first kappa shape index (κ1) is 21.1. The van der Waals surface area contributed by atoms with Gasteiger partial charge in [-0.2, -0.15) is 0 Å². The number of hydrogen-bond acceptors (Lipinski definition) is 4. The van der Waals surface area contributed by atoms with Crippen LogP contribution in [0.3, 0.4) is 0 Å². The number of sulfonamides is 1. The van der Waals surface area contributed by atoms with Crippen molar-refractivity contribution in [2.45, 2.75) is 18.4 Å². The van der Waals surface area contributed by atoms with Crippen LogP contribution < -0.4 is 4.72 Å². The van der Waals surface area contributed by atoms with E-state index < -0.39 is 10.0 Å². The second-order valence-electron chi connectivity index (χ2n) is 6.54. The van der Waals surface area contributed by atoms with Crippen LogP contribution in [-0.2, 0) is 16.6 Å². The maximum Gasteiger partial charge on any atom is 0.254 e. The minimum absolute atomic E-state index is 0.0995. The van der Waals surface area contributed by atoms with Gasteiger partial charge in [0.15, 0.2) is 0 Å². The Morgan fingerprint density at radius 2 is 1.70 bits per heavy atom. The van der Waals surface area contributed by atoms with E-state index in [-0.39, 0.29) is 10.8 Å². The van der Waals surface area contributed by atoms with E-state index >= 15 is 0 Å². The third-order valence-corrected chi connectivity index (χ3v) is 5.59. The van der Waals surface area contributed by atoms with Gasteiger partial charge in [0.05, 0.1) is 4.90 Å². The molecule has 2 rings (SSSR count). The summed E-state index contributed by atoms with van der Waals surface area (Å²) in [5.41, 5.74) is 1.39. The van der Waals surface area contributed by atoms with Gasteiger partial charge in [0, 0.05) is 31.7 Å². The van der Waals surface area contributed by atoms with Gasteiger partial charge in [-0.05, 0) is 37.9 Å². The van der Waals surface area contributed by atoms with Crippen molar-refractivity contribution in [3.63, 3.8) is 0 Å². The maximum absolute atomic E-state index is 13.1. The number of benzene rings is 2. The quantitative estimate of drug-likeness (QED) is 0.714. The number of carbonyl (C=O) groups is 1. The molecule has 0 aliphatic heterocycles. The van der Waals surface area contributed by atoms with Crippen LogP contribution in [0.1, 0.15) is 22.8 Å². The van der Waals surface area contributed by atoms with Crippen molar-refractivity contribution in [3.8, 4) is 0 Å². The molecule has 27 heavy (non-hydrogen) atoms. The van der Waals surface area contributed by atoms with E-state index in [0.717, 1.165) is 5.56 Å². The van der Waals surface area contributed by atoms with Crippen molar-refractivity contribution in [3.05, 3.63) is 65.7 Å². The summed E-state index contributed by atoms with van der Waals surface area (Å²) in [5, 5.41) is 0. The first-order chi connectivity index (χ1) is 12.8. The Morgan fingerprint density at radius 1 is 1.00 bits per heavy atom. The number of nitrogens with zero attached hydrogens (tertiary/aromatic N) is 2. The van der Waals surface area contributed by atoms with Crippen LogP contribution in [0.4, 0.5) is 0 Å². The minimum Gasteiger partial charge on any atom is -0.333 e. The molecule has 0 atom stereocenters. The lowest BCUT2D eigenvalue weighted by Crippen LogP contribution is -2.36. The van der Waals surface area contributed by atoms with Crippen molar-refractivity contribution in [1.29, 1.82) is 0 Å². The Kier molecular flexibility index (Phi) is 7.53.